The zero-order valence-corrected chi connectivity index (χ0v) is 13.4. The second-order valence-corrected chi connectivity index (χ2v) is 7.68. The van der Waals surface area contributed by atoms with Crippen LogP contribution in [0.25, 0.3) is 0 Å². The summed E-state index contributed by atoms with van der Waals surface area (Å²) in [5, 5.41) is 0. The fraction of sp³-hybridized carbons (Fsp3) is 0.533. The Bertz CT molecular complexity index is 655. The molecular formula is C15H19F2NO3S. The van der Waals surface area contributed by atoms with E-state index in [1.807, 2.05) is 6.92 Å². The average Bonchev–Trinajstić information content (AvgIpc) is 3.23. The summed E-state index contributed by atoms with van der Waals surface area (Å²) in [6.07, 6.45) is 1.44. The molecule has 0 bridgehead atoms. The first kappa shape index (κ1) is 16.9. The van der Waals surface area contributed by atoms with Crippen LogP contribution in [0.4, 0.5) is 8.78 Å². The van der Waals surface area contributed by atoms with Gasteiger partial charge in [-0.1, -0.05) is 19.4 Å². The van der Waals surface area contributed by atoms with Gasteiger partial charge < -0.3 is 0 Å². The first-order valence-electron chi connectivity index (χ1n) is 7.24. The smallest absolute Gasteiger partial charge is 0.239 e. The molecule has 1 saturated carbocycles. The number of unbranched alkanes of at least 4 members (excludes halogenated alkanes) is 1. The Balaban J connectivity index is 2.10. The number of amides is 1. The topological polar surface area (TPSA) is 54.5 Å². The molecule has 2 atom stereocenters. The van der Waals surface area contributed by atoms with Crippen LogP contribution in [0.2, 0.25) is 0 Å². The van der Waals surface area contributed by atoms with Crippen molar-refractivity contribution in [1.82, 2.24) is 4.31 Å². The van der Waals surface area contributed by atoms with Crippen LogP contribution in [-0.4, -0.2) is 31.4 Å². The highest BCUT2D eigenvalue weighted by Gasteiger charge is 2.49. The summed E-state index contributed by atoms with van der Waals surface area (Å²) < 4.78 is 52.1. The molecule has 7 heteroatoms. The molecule has 4 nitrogen and oxygen atoms in total. The van der Waals surface area contributed by atoms with Crippen LogP contribution < -0.4 is 0 Å². The predicted molar refractivity (Wildman–Crippen MR) is 78.7 cm³/mol. The minimum atomic E-state index is -3.66. The number of halogens is 2. The van der Waals surface area contributed by atoms with Gasteiger partial charge in [-0.3, -0.25) is 4.79 Å². The molecular weight excluding hydrogens is 312 g/mol. The molecule has 0 spiro atoms. The standard InChI is InChI=1S/C15H19F2NO3S/c1-3-4-8-22(20,21)18(2)15(19)11-9-10(11)14-12(16)6-5-7-13(14)17/h5-7,10-11H,3-4,8-9H2,1-2H3/t10-,11-/m1/s1. The third-order valence-corrected chi connectivity index (χ3v) is 5.78. The fourth-order valence-corrected chi connectivity index (χ4v) is 3.82. The van der Waals surface area contributed by atoms with Crippen LogP contribution in [0.15, 0.2) is 18.2 Å². The van der Waals surface area contributed by atoms with Crippen molar-refractivity contribution in [3.63, 3.8) is 0 Å². The molecule has 0 aliphatic heterocycles. The van der Waals surface area contributed by atoms with Gasteiger partial charge in [0.2, 0.25) is 15.9 Å². The number of benzene rings is 1. The van der Waals surface area contributed by atoms with E-state index in [1.165, 1.54) is 13.1 Å². The van der Waals surface area contributed by atoms with E-state index in [0.717, 1.165) is 16.4 Å². The maximum atomic E-state index is 13.7. The summed E-state index contributed by atoms with van der Waals surface area (Å²) in [5.74, 6) is -3.35. The minimum Gasteiger partial charge on any atom is -0.273 e. The molecule has 1 fully saturated rings. The van der Waals surface area contributed by atoms with Gasteiger partial charge >= 0.3 is 0 Å². The molecule has 2 rings (SSSR count). The Hall–Kier alpha value is -1.50. The van der Waals surface area contributed by atoms with Crippen molar-refractivity contribution in [2.24, 2.45) is 5.92 Å². The summed E-state index contributed by atoms with van der Waals surface area (Å²) in [6.45, 7) is 1.86. The van der Waals surface area contributed by atoms with Gasteiger partial charge in [0.1, 0.15) is 11.6 Å². The lowest BCUT2D eigenvalue weighted by molar-refractivity contribution is -0.127. The van der Waals surface area contributed by atoms with Crippen molar-refractivity contribution < 1.29 is 22.0 Å². The Morgan fingerprint density at radius 3 is 2.45 bits per heavy atom. The van der Waals surface area contributed by atoms with Gasteiger partial charge in [-0.15, -0.1) is 0 Å². The zero-order valence-electron chi connectivity index (χ0n) is 12.6. The summed E-state index contributed by atoms with van der Waals surface area (Å²) in [5.41, 5.74) is -0.125. The lowest BCUT2D eigenvalue weighted by atomic mass is 10.1. The van der Waals surface area contributed by atoms with E-state index in [-0.39, 0.29) is 17.7 Å². The zero-order chi connectivity index (χ0) is 16.5. The summed E-state index contributed by atoms with van der Waals surface area (Å²) in [7, 11) is -2.45. The number of carbonyl (C=O) groups is 1. The van der Waals surface area contributed by atoms with Crippen LogP contribution >= 0.6 is 0 Å². The lowest BCUT2D eigenvalue weighted by Crippen LogP contribution is -2.36. The predicted octanol–water partition coefficient (Wildman–Crippen LogP) is 2.66. The Morgan fingerprint density at radius 2 is 1.91 bits per heavy atom. The number of sulfonamides is 1. The molecule has 0 radical (unpaired) electrons. The summed E-state index contributed by atoms with van der Waals surface area (Å²) >= 11 is 0. The van der Waals surface area contributed by atoms with Crippen molar-refractivity contribution in [3.05, 3.63) is 35.4 Å². The van der Waals surface area contributed by atoms with Gasteiger partial charge in [0.05, 0.1) is 5.75 Å². The van der Waals surface area contributed by atoms with Crippen molar-refractivity contribution in [1.29, 1.82) is 0 Å². The molecule has 1 aliphatic carbocycles. The molecule has 0 aromatic heterocycles. The molecule has 0 unspecified atom stereocenters. The van der Waals surface area contributed by atoms with Gasteiger partial charge in [0.15, 0.2) is 0 Å². The van der Waals surface area contributed by atoms with Crippen LogP contribution in [-0.2, 0) is 14.8 Å². The largest absolute Gasteiger partial charge is 0.273 e. The van der Waals surface area contributed by atoms with E-state index in [1.54, 1.807) is 0 Å². The maximum Gasteiger partial charge on any atom is 0.239 e. The average molecular weight is 331 g/mol. The second kappa shape index (κ2) is 6.32. The monoisotopic (exact) mass is 331 g/mol. The molecule has 1 aliphatic rings. The van der Waals surface area contributed by atoms with Crippen molar-refractivity contribution in [2.45, 2.75) is 32.1 Å². The highest BCUT2D eigenvalue weighted by Crippen LogP contribution is 2.50. The van der Waals surface area contributed by atoms with E-state index >= 15 is 0 Å². The van der Waals surface area contributed by atoms with Crippen LogP contribution in [0, 0.1) is 17.6 Å². The van der Waals surface area contributed by atoms with Gasteiger partial charge in [0.25, 0.3) is 0 Å². The summed E-state index contributed by atoms with van der Waals surface area (Å²) in [6, 6.07) is 3.54. The van der Waals surface area contributed by atoms with Crippen LogP contribution in [0.5, 0.6) is 0 Å². The van der Waals surface area contributed by atoms with E-state index < -0.39 is 39.4 Å². The number of carbonyl (C=O) groups excluding carboxylic acids is 1. The van der Waals surface area contributed by atoms with E-state index in [9.17, 15) is 22.0 Å². The maximum absolute atomic E-state index is 13.7. The van der Waals surface area contributed by atoms with E-state index in [4.69, 9.17) is 0 Å². The molecule has 1 aromatic carbocycles. The second-order valence-electron chi connectivity index (χ2n) is 5.56. The minimum absolute atomic E-state index is 0.100. The molecule has 1 amide bonds. The number of nitrogens with zero attached hydrogens (tertiary/aromatic N) is 1. The molecule has 0 heterocycles. The normalized spacial score (nSPS) is 20.7. The first-order chi connectivity index (χ1) is 10.3. The van der Waals surface area contributed by atoms with Gasteiger partial charge in [-0.05, 0) is 25.0 Å². The Kier molecular flexibility index (Phi) is 4.84. The van der Waals surface area contributed by atoms with Crippen LogP contribution in [0.1, 0.15) is 37.7 Å². The Labute approximate surface area is 129 Å². The van der Waals surface area contributed by atoms with Crippen molar-refractivity contribution >= 4 is 15.9 Å². The SMILES string of the molecule is CCCCS(=O)(=O)N(C)C(=O)[C@@H]1C[C@H]1c1c(F)cccc1F. The lowest BCUT2D eigenvalue weighted by Gasteiger charge is -2.17. The Morgan fingerprint density at radius 1 is 1.32 bits per heavy atom. The molecule has 122 valence electrons. The molecule has 0 N–H and O–H groups in total. The van der Waals surface area contributed by atoms with Gasteiger partial charge in [0, 0.05) is 24.4 Å². The molecule has 22 heavy (non-hydrogen) atoms. The number of hydrogen-bond donors (Lipinski definition) is 0. The van der Waals surface area contributed by atoms with Crippen molar-refractivity contribution in [2.75, 3.05) is 12.8 Å². The van der Waals surface area contributed by atoms with E-state index in [2.05, 4.69) is 0 Å². The quantitative estimate of drug-likeness (QED) is 0.805. The van der Waals surface area contributed by atoms with Crippen molar-refractivity contribution in [3.8, 4) is 0 Å². The highest BCUT2D eigenvalue weighted by atomic mass is 32.2. The highest BCUT2D eigenvalue weighted by molar-refractivity contribution is 7.89. The third kappa shape index (κ3) is 3.29. The van der Waals surface area contributed by atoms with E-state index in [0.29, 0.717) is 12.8 Å². The molecule has 0 saturated heterocycles. The summed E-state index contributed by atoms with van der Waals surface area (Å²) in [4.78, 5) is 12.2. The van der Waals surface area contributed by atoms with Gasteiger partial charge in [-0.2, -0.15) is 0 Å². The fourth-order valence-electron chi connectivity index (χ4n) is 2.49. The molecule has 1 aromatic rings. The van der Waals surface area contributed by atoms with Crippen LogP contribution in [0.3, 0.4) is 0 Å². The first-order valence-corrected chi connectivity index (χ1v) is 8.84. The number of rotatable bonds is 6. The van der Waals surface area contributed by atoms with Gasteiger partial charge in [-0.25, -0.2) is 21.5 Å². The number of hydrogen-bond acceptors (Lipinski definition) is 3. The third-order valence-electron chi connectivity index (χ3n) is 3.96.